The molecular weight excluding hydrogens is 344 g/mol. The monoisotopic (exact) mass is 372 g/mol. The van der Waals surface area contributed by atoms with Crippen molar-refractivity contribution in [3.05, 3.63) is 58.9 Å². The van der Waals surface area contributed by atoms with Crippen LogP contribution in [0.4, 0.5) is 0 Å². The molecule has 4 heteroatoms. The topological polar surface area (TPSA) is 25.2 Å². The highest BCUT2D eigenvalue weighted by atomic mass is 35.5. The predicted octanol–water partition coefficient (Wildman–Crippen LogP) is 5.36. The number of hydrogen-bond donors (Lipinski definition) is 0. The van der Waals surface area contributed by atoms with E-state index in [1.807, 2.05) is 18.2 Å². The van der Waals surface area contributed by atoms with Crippen molar-refractivity contribution in [1.29, 1.82) is 0 Å². The summed E-state index contributed by atoms with van der Waals surface area (Å²) in [5.74, 6) is 1.02. The molecule has 0 unspecified atom stereocenters. The standard InChI is InChI=1S/C22H29ClN2O/c1-17(2)14-25(22(26)18-8-3-4-9-18)16-20-11-7-13-24(20)15-19-10-5-6-12-21(19)23/h5-7,10-13,17-18H,3-4,8-9,14-16H2,1-2H3. The molecule has 2 aromatic rings. The van der Waals surface area contributed by atoms with E-state index in [9.17, 15) is 4.79 Å². The lowest BCUT2D eigenvalue weighted by Crippen LogP contribution is -2.38. The Labute approximate surface area is 162 Å². The van der Waals surface area contributed by atoms with Crippen LogP contribution >= 0.6 is 11.6 Å². The van der Waals surface area contributed by atoms with Gasteiger partial charge in [-0.15, -0.1) is 0 Å². The van der Waals surface area contributed by atoms with Gasteiger partial charge >= 0.3 is 0 Å². The maximum absolute atomic E-state index is 13.0. The molecule has 1 aliphatic carbocycles. The first kappa shape index (κ1) is 19.0. The lowest BCUT2D eigenvalue weighted by atomic mass is 10.1. The Kier molecular flexibility index (Phi) is 6.42. The molecule has 0 saturated heterocycles. The summed E-state index contributed by atoms with van der Waals surface area (Å²) in [6.45, 7) is 6.57. The highest BCUT2D eigenvalue weighted by Gasteiger charge is 2.28. The number of rotatable bonds is 7. The number of carbonyl (C=O) groups excluding carboxylic acids is 1. The second-order valence-electron chi connectivity index (χ2n) is 7.81. The van der Waals surface area contributed by atoms with Crippen LogP contribution in [0, 0.1) is 11.8 Å². The van der Waals surface area contributed by atoms with Crippen LogP contribution in [0.25, 0.3) is 0 Å². The number of benzene rings is 1. The molecule has 1 aromatic heterocycles. The molecule has 1 saturated carbocycles. The first-order valence-corrected chi connectivity index (χ1v) is 10.1. The van der Waals surface area contributed by atoms with Gasteiger partial charge in [-0.25, -0.2) is 0 Å². The molecule has 3 rings (SSSR count). The first-order chi connectivity index (χ1) is 12.5. The van der Waals surface area contributed by atoms with E-state index in [-0.39, 0.29) is 5.92 Å². The van der Waals surface area contributed by atoms with Crippen molar-refractivity contribution >= 4 is 17.5 Å². The van der Waals surface area contributed by atoms with Gasteiger partial charge in [-0.1, -0.05) is 56.5 Å². The smallest absolute Gasteiger partial charge is 0.226 e. The van der Waals surface area contributed by atoms with E-state index in [1.54, 1.807) is 0 Å². The van der Waals surface area contributed by atoms with E-state index in [4.69, 9.17) is 11.6 Å². The molecule has 1 aliphatic rings. The second kappa shape index (κ2) is 8.77. The van der Waals surface area contributed by atoms with E-state index < -0.39 is 0 Å². The number of halogens is 1. The third kappa shape index (κ3) is 4.70. The minimum Gasteiger partial charge on any atom is -0.345 e. The fourth-order valence-electron chi connectivity index (χ4n) is 3.86. The average molecular weight is 373 g/mol. The van der Waals surface area contributed by atoms with Gasteiger partial charge in [0, 0.05) is 35.9 Å². The minimum atomic E-state index is 0.223. The molecule has 0 radical (unpaired) electrons. The summed E-state index contributed by atoms with van der Waals surface area (Å²) in [6.07, 6.45) is 6.55. The van der Waals surface area contributed by atoms with E-state index in [0.29, 0.717) is 18.4 Å². The van der Waals surface area contributed by atoms with Gasteiger partial charge in [-0.2, -0.15) is 0 Å². The van der Waals surface area contributed by atoms with Crippen molar-refractivity contribution < 1.29 is 4.79 Å². The maximum atomic E-state index is 13.0. The molecule has 1 aromatic carbocycles. The molecule has 1 amide bonds. The number of hydrogen-bond acceptors (Lipinski definition) is 1. The molecule has 26 heavy (non-hydrogen) atoms. The van der Waals surface area contributed by atoms with Gasteiger partial charge in [0.25, 0.3) is 0 Å². The fourth-order valence-corrected chi connectivity index (χ4v) is 4.05. The zero-order valence-electron chi connectivity index (χ0n) is 15.8. The molecule has 1 fully saturated rings. The van der Waals surface area contributed by atoms with Crippen molar-refractivity contribution in [2.75, 3.05) is 6.54 Å². The molecule has 0 atom stereocenters. The zero-order chi connectivity index (χ0) is 18.5. The van der Waals surface area contributed by atoms with Gasteiger partial charge in [0.05, 0.1) is 6.54 Å². The number of carbonyl (C=O) groups is 1. The van der Waals surface area contributed by atoms with E-state index in [2.05, 4.69) is 47.7 Å². The fraction of sp³-hybridized carbons (Fsp3) is 0.500. The van der Waals surface area contributed by atoms with Crippen LogP contribution in [0.1, 0.15) is 50.8 Å². The van der Waals surface area contributed by atoms with E-state index in [1.165, 1.54) is 12.8 Å². The lowest BCUT2D eigenvalue weighted by molar-refractivity contribution is -0.136. The number of amides is 1. The van der Waals surface area contributed by atoms with Crippen LogP contribution < -0.4 is 0 Å². The van der Waals surface area contributed by atoms with Crippen LogP contribution in [0.3, 0.4) is 0 Å². The van der Waals surface area contributed by atoms with Gasteiger partial charge in [0.15, 0.2) is 0 Å². The van der Waals surface area contributed by atoms with Crippen molar-refractivity contribution in [1.82, 2.24) is 9.47 Å². The van der Waals surface area contributed by atoms with Crippen molar-refractivity contribution in [2.45, 2.75) is 52.6 Å². The summed E-state index contributed by atoms with van der Waals surface area (Å²) < 4.78 is 2.20. The average Bonchev–Trinajstić information content (AvgIpc) is 3.28. The van der Waals surface area contributed by atoms with E-state index in [0.717, 1.165) is 42.2 Å². The summed E-state index contributed by atoms with van der Waals surface area (Å²) in [5.41, 5.74) is 2.26. The molecule has 0 aliphatic heterocycles. The first-order valence-electron chi connectivity index (χ1n) is 9.71. The van der Waals surface area contributed by atoms with Gasteiger partial charge in [0.1, 0.15) is 0 Å². The van der Waals surface area contributed by atoms with Gasteiger partial charge in [0.2, 0.25) is 5.91 Å². The molecule has 0 bridgehead atoms. The summed E-state index contributed by atoms with van der Waals surface area (Å²) in [4.78, 5) is 15.1. The number of nitrogens with zero attached hydrogens (tertiary/aromatic N) is 2. The Morgan fingerprint density at radius 2 is 1.92 bits per heavy atom. The molecule has 3 nitrogen and oxygen atoms in total. The summed E-state index contributed by atoms with van der Waals surface area (Å²) in [6, 6.07) is 12.1. The predicted molar refractivity (Wildman–Crippen MR) is 107 cm³/mol. The maximum Gasteiger partial charge on any atom is 0.226 e. The molecular formula is C22H29ClN2O. The van der Waals surface area contributed by atoms with Gasteiger partial charge in [-0.05, 0) is 42.5 Å². The molecule has 140 valence electrons. The highest BCUT2D eigenvalue weighted by molar-refractivity contribution is 6.31. The van der Waals surface area contributed by atoms with Crippen LogP contribution in [-0.2, 0) is 17.9 Å². The summed E-state index contributed by atoms with van der Waals surface area (Å²) >= 11 is 6.33. The summed E-state index contributed by atoms with van der Waals surface area (Å²) in [5, 5.41) is 0.785. The Balaban J connectivity index is 1.76. The normalized spacial score (nSPS) is 14.9. The Hall–Kier alpha value is -1.74. The third-order valence-corrected chi connectivity index (χ3v) is 5.55. The Morgan fingerprint density at radius 3 is 2.62 bits per heavy atom. The van der Waals surface area contributed by atoms with Crippen LogP contribution in [0.2, 0.25) is 5.02 Å². The minimum absolute atomic E-state index is 0.223. The second-order valence-corrected chi connectivity index (χ2v) is 8.22. The SMILES string of the molecule is CC(C)CN(Cc1cccn1Cc1ccccc1Cl)C(=O)C1CCCC1. The van der Waals surface area contributed by atoms with Crippen LogP contribution in [-0.4, -0.2) is 21.9 Å². The van der Waals surface area contributed by atoms with Crippen molar-refractivity contribution in [3.63, 3.8) is 0 Å². The molecule has 1 heterocycles. The number of aromatic nitrogens is 1. The van der Waals surface area contributed by atoms with Crippen molar-refractivity contribution in [2.24, 2.45) is 11.8 Å². The quantitative estimate of drug-likeness (QED) is 0.641. The summed E-state index contributed by atoms with van der Waals surface area (Å²) in [7, 11) is 0. The molecule has 0 N–H and O–H groups in total. The Bertz CT molecular complexity index is 731. The Morgan fingerprint density at radius 1 is 1.19 bits per heavy atom. The van der Waals surface area contributed by atoms with Crippen LogP contribution in [0.15, 0.2) is 42.6 Å². The van der Waals surface area contributed by atoms with Crippen molar-refractivity contribution in [3.8, 4) is 0 Å². The lowest BCUT2D eigenvalue weighted by Gasteiger charge is -2.28. The van der Waals surface area contributed by atoms with Crippen LogP contribution in [0.5, 0.6) is 0 Å². The van der Waals surface area contributed by atoms with Gasteiger partial charge in [-0.3, -0.25) is 4.79 Å². The molecule has 0 spiro atoms. The van der Waals surface area contributed by atoms with E-state index >= 15 is 0 Å². The zero-order valence-corrected chi connectivity index (χ0v) is 16.6. The largest absolute Gasteiger partial charge is 0.345 e. The highest BCUT2D eigenvalue weighted by Crippen LogP contribution is 2.27. The van der Waals surface area contributed by atoms with Gasteiger partial charge < -0.3 is 9.47 Å². The third-order valence-electron chi connectivity index (χ3n) is 5.18.